The molecule has 0 saturated heterocycles. The number of imidazole rings is 3. The van der Waals surface area contributed by atoms with Crippen molar-refractivity contribution in [1.82, 2.24) is 33.1 Å². The van der Waals surface area contributed by atoms with Gasteiger partial charge in [0.1, 0.15) is 5.82 Å². The molecule has 0 radical (unpaired) electrons. The number of nitrogens with one attached hydrogen (secondary N) is 1. The third-order valence-electron chi connectivity index (χ3n) is 13.0. The van der Waals surface area contributed by atoms with Crippen LogP contribution in [0.2, 0.25) is 0 Å². The van der Waals surface area contributed by atoms with Crippen LogP contribution in [0.3, 0.4) is 0 Å². The number of rotatable bonds is 4. The predicted molar refractivity (Wildman–Crippen MR) is 271 cm³/mol. The van der Waals surface area contributed by atoms with Gasteiger partial charge in [0.25, 0.3) is 6.33 Å². The molecule has 0 spiro atoms. The van der Waals surface area contributed by atoms with Gasteiger partial charge in [-0.1, -0.05) is 135 Å². The van der Waals surface area contributed by atoms with Crippen LogP contribution >= 0.6 is 0 Å². The van der Waals surface area contributed by atoms with Crippen LogP contribution in [0.5, 0.6) is 0 Å². The average molecular weight is 1060 g/mol. The summed E-state index contributed by atoms with van der Waals surface area (Å²) < 4.78 is 11.0. The molecule has 8 aromatic carbocycles. The van der Waals surface area contributed by atoms with Gasteiger partial charge in [-0.25, -0.2) is 9.97 Å². The Hall–Kier alpha value is -8.06. The van der Waals surface area contributed by atoms with Gasteiger partial charge in [-0.3, -0.25) is 4.57 Å². The Morgan fingerprint density at radius 3 is 1.91 bits per heavy atom. The molecule has 0 aliphatic carbocycles. The molecule has 0 atom stereocenters. The first-order valence-electron chi connectivity index (χ1n) is 22.6. The maximum Gasteiger partial charge on any atom is 0.268 e. The first kappa shape index (κ1) is 41.4. The second-order valence-corrected chi connectivity index (χ2v) is 18.0. The Balaban J connectivity index is 0.000000139. The minimum absolute atomic E-state index is 0. The molecule has 0 fully saturated rings. The quantitative estimate of drug-likeness (QED) is 0.141. The smallest absolute Gasteiger partial charge is 0.268 e. The van der Waals surface area contributed by atoms with Crippen LogP contribution in [-0.4, -0.2) is 33.1 Å². The van der Waals surface area contributed by atoms with E-state index in [1.54, 1.807) is 0 Å². The van der Waals surface area contributed by atoms with Crippen molar-refractivity contribution >= 4 is 82.5 Å². The summed E-state index contributed by atoms with van der Waals surface area (Å²) >= 11 is 0. The molecule has 8 nitrogen and oxygen atoms in total. The largest absolute Gasteiger partial charge is 0.348 e. The summed E-state index contributed by atoms with van der Waals surface area (Å²) in [6.45, 7) is 6.69. The molecule has 0 unspecified atom stereocenters. The monoisotopic (exact) mass is 1060 g/mol. The fourth-order valence-electron chi connectivity index (χ4n) is 9.87. The van der Waals surface area contributed by atoms with Crippen LogP contribution in [0.4, 0.5) is 0 Å². The first-order valence-corrected chi connectivity index (χ1v) is 22.6. The van der Waals surface area contributed by atoms with Crippen molar-refractivity contribution < 1.29 is 25.6 Å². The molecule has 330 valence electrons. The van der Waals surface area contributed by atoms with E-state index in [1.165, 1.54) is 32.8 Å². The van der Waals surface area contributed by atoms with Crippen LogP contribution in [0, 0.1) is 18.5 Å². The van der Waals surface area contributed by atoms with Crippen LogP contribution in [0.25, 0.3) is 105 Å². The molecule has 1 N–H and O–H groups in total. The maximum absolute atomic E-state index is 4.78. The van der Waals surface area contributed by atoms with Gasteiger partial charge in [0.2, 0.25) is 0 Å². The summed E-state index contributed by atoms with van der Waals surface area (Å²) in [5.74, 6) is 1.74. The SMILES string of the molecule is CC(C)(C)c1ccnc(-n2c3[c-]c4[nH]c5nc6ccccc6n5c4cc3c3ccccc32)c1.[Pt].[c-]1ccccc1-n1[c-][n+](-c2ccccc2-n2c3ccccc3c3ccccc32)c2ccccc21. The Morgan fingerprint density at radius 2 is 1.19 bits per heavy atom. The number of hydrogen-bond donors (Lipinski definition) is 1. The van der Waals surface area contributed by atoms with Crippen molar-refractivity contribution in [2.75, 3.05) is 0 Å². The van der Waals surface area contributed by atoms with Crippen molar-refractivity contribution in [2.24, 2.45) is 0 Å². The maximum atomic E-state index is 4.78. The number of benzene rings is 8. The van der Waals surface area contributed by atoms with E-state index >= 15 is 0 Å². The van der Waals surface area contributed by atoms with E-state index in [-0.39, 0.29) is 26.5 Å². The Labute approximate surface area is 406 Å². The standard InChI is InChI=1S/C31H20N3.C28H22N5.Pt/c1-2-12-23(13-3-1)32-22-33(29-19-9-8-18-28(29)32)30-20-10-11-21-31(30)34-26-16-6-4-14-24(26)25-15-5-7-17-27(25)34;1-28(2,3)17-12-13-29-26(14-17)32-22-10-6-4-8-18(22)19-15-25-21(16-24(19)32)31-27-30-20-9-5-7-11-23(20)33(25)27;/h1-12,14-21H;4-15H,1-3H3,(H,30,31);/q2*-1;. The van der Waals surface area contributed by atoms with E-state index in [1.807, 2.05) is 36.5 Å². The van der Waals surface area contributed by atoms with Gasteiger partial charge in [-0.05, 0) is 87.7 Å². The zero-order chi connectivity index (χ0) is 44.8. The molecule has 0 bridgehead atoms. The van der Waals surface area contributed by atoms with E-state index in [2.05, 4.69) is 225 Å². The number of nitrogens with zero attached hydrogens (tertiary/aromatic N) is 7. The molecule has 0 aliphatic rings. The van der Waals surface area contributed by atoms with Crippen molar-refractivity contribution in [3.05, 3.63) is 218 Å². The van der Waals surface area contributed by atoms with Gasteiger partial charge in [-0.2, -0.15) is 30.3 Å². The minimum atomic E-state index is 0. The van der Waals surface area contributed by atoms with Crippen molar-refractivity contribution in [3.8, 4) is 22.9 Å². The molecule has 0 saturated carbocycles. The normalized spacial score (nSPS) is 11.9. The number of aromatic amines is 1. The predicted octanol–water partition coefficient (Wildman–Crippen LogP) is 13.2. The Kier molecular flexibility index (Phi) is 9.78. The number of H-pyrrole nitrogens is 1. The van der Waals surface area contributed by atoms with Crippen molar-refractivity contribution in [1.29, 1.82) is 0 Å². The van der Waals surface area contributed by atoms with Gasteiger partial charge >= 0.3 is 0 Å². The minimum Gasteiger partial charge on any atom is -0.348 e. The molecule has 9 heteroatoms. The summed E-state index contributed by atoms with van der Waals surface area (Å²) in [6, 6.07) is 72.5. The third-order valence-corrected chi connectivity index (χ3v) is 13.0. The second-order valence-electron chi connectivity index (χ2n) is 18.0. The molecule has 6 heterocycles. The zero-order valence-corrected chi connectivity index (χ0v) is 39.7. The van der Waals surface area contributed by atoms with Gasteiger partial charge < -0.3 is 23.1 Å². The third kappa shape index (κ3) is 6.50. The number of pyridine rings is 1. The van der Waals surface area contributed by atoms with Crippen LogP contribution in [0.15, 0.2) is 194 Å². The number of hydrogen-bond acceptors (Lipinski definition) is 2. The van der Waals surface area contributed by atoms with Gasteiger partial charge in [0.05, 0.1) is 44.5 Å². The number of aromatic nitrogens is 8. The summed E-state index contributed by atoms with van der Waals surface area (Å²) in [6.07, 6.45) is 5.52. The fourth-order valence-corrected chi connectivity index (χ4v) is 9.87. The van der Waals surface area contributed by atoms with Crippen molar-refractivity contribution in [3.63, 3.8) is 0 Å². The summed E-state index contributed by atoms with van der Waals surface area (Å²) in [7, 11) is 0. The second kappa shape index (κ2) is 16.1. The van der Waals surface area contributed by atoms with E-state index in [0.29, 0.717) is 0 Å². The molecular formula is C59H42N8Pt-2. The first-order chi connectivity index (χ1) is 32.9. The molecule has 0 aliphatic heterocycles. The molecule has 14 rings (SSSR count). The molecule has 6 aromatic heterocycles. The van der Waals surface area contributed by atoms with Gasteiger partial charge in [-0.15, -0.1) is 12.1 Å². The summed E-state index contributed by atoms with van der Waals surface area (Å²) in [5, 5.41) is 4.85. The molecule has 0 amide bonds. The van der Waals surface area contributed by atoms with Crippen molar-refractivity contribution in [2.45, 2.75) is 26.2 Å². The van der Waals surface area contributed by atoms with Crippen LogP contribution in [0.1, 0.15) is 26.3 Å². The van der Waals surface area contributed by atoms with E-state index in [9.17, 15) is 0 Å². The number of fused-ring (bicyclic) bond motifs is 12. The fraction of sp³-hybridized carbons (Fsp3) is 0.0678. The van der Waals surface area contributed by atoms with Gasteiger partial charge in [0, 0.05) is 43.6 Å². The summed E-state index contributed by atoms with van der Waals surface area (Å²) in [4.78, 5) is 13.0. The summed E-state index contributed by atoms with van der Waals surface area (Å²) in [5.41, 5.74) is 15.2. The Bertz CT molecular complexity index is 4160. The Morgan fingerprint density at radius 1 is 0.574 bits per heavy atom. The molecule has 14 aromatic rings. The zero-order valence-electron chi connectivity index (χ0n) is 37.4. The number of para-hydroxylation sites is 10. The molecule has 68 heavy (non-hydrogen) atoms. The van der Waals surface area contributed by atoms with Crippen LogP contribution in [-0.2, 0) is 26.5 Å². The molecular weight excluding hydrogens is 1020 g/mol. The topological polar surface area (TPSA) is 64.7 Å². The van der Waals surface area contributed by atoms with E-state index < -0.39 is 0 Å². The average Bonchev–Trinajstić information content (AvgIpc) is 4.18. The van der Waals surface area contributed by atoms with Gasteiger partial charge in [0.15, 0.2) is 5.78 Å². The van der Waals surface area contributed by atoms with E-state index in [4.69, 9.17) is 9.97 Å². The van der Waals surface area contributed by atoms with E-state index in [0.717, 1.165) is 78.2 Å². The van der Waals surface area contributed by atoms with Crippen LogP contribution < -0.4 is 4.57 Å².